The van der Waals surface area contributed by atoms with Gasteiger partial charge in [0.15, 0.2) is 0 Å². The third-order valence-corrected chi connectivity index (χ3v) is 5.53. The average Bonchev–Trinajstić information content (AvgIpc) is 2.55. The monoisotopic (exact) mass is 333 g/mol. The van der Waals surface area contributed by atoms with E-state index in [0.717, 1.165) is 0 Å². The van der Waals surface area contributed by atoms with E-state index in [-0.39, 0.29) is 17.0 Å². The van der Waals surface area contributed by atoms with E-state index in [2.05, 4.69) is 4.98 Å². The molecule has 7 heteroatoms. The summed E-state index contributed by atoms with van der Waals surface area (Å²) in [5.74, 6) is -0.420. The Hall–Kier alpha value is -2.30. The largest absolute Gasteiger partial charge is 0.262 e. The van der Waals surface area contributed by atoms with Gasteiger partial charge in [0.2, 0.25) is 10.0 Å². The Balaban J connectivity index is 2.44. The zero-order chi connectivity index (χ0) is 17.0. The van der Waals surface area contributed by atoms with Crippen LogP contribution in [0, 0.1) is 17.1 Å². The molecule has 0 aliphatic heterocycles. The van der Waals surface area contributed by atoms with Crippen molar-refractivity contribution in [1.29, 1.82) is 5.26 Å². The number of nitrogens with zero attached hydrogens (tertiary/aromatic N) is 3. The Morgan fingerprint density at radius 1 is 1.35 bits per heavy atom. The summed E-state index contributed by atoms with van der Waals surface area (Å²) in [6.45, 7) is 3.60. The molecule has 0 saturated carbocycles. The van der Waals surface area contributed by atoms with Gasteiger partial charge in [-0.05, 0) is 30.7 Å². The maximum atomic E-state index is 13.4. The second-order valence-electron chi connectivity index (χ2n) is 4.96. The van der Waals surface area contributed by atoms with Crippen molar-refractivity contribution in [1.82, 2.24) is 9.29 Å². The molecule has 2 rings (SSSR count). The van der Waals surface area contributed by atoms with Crippen LogP contribution < -0.4 is 0 Å². The van der Waals surface area contributed by atoms with E-state index >= 15 is 0 Å². The molecular formula is C16H16FN3O2S. The van der Waals surface area contributed by atoms with E-state index in [1.165, 1.54) is 34.9 Å². The highest BCUT2D eigenvalue weighted by atomic mass is 32.2. The van der Waals surface area contributed by atoms with Crippen molar-refractivity contribution in [2.24, 2.45) is 0 Å². The molecule has 0 fully saturated rings. The minimum Gasteiger partial charge on any atom is -0.262 e. The lowest BCUT2D eigenvalue weighted by atomic mass is 10.1. The van der Waals surface area contributed by atoms with Crippen LogP contribution in [-0.2, 0) is 10.0 Å². The van der Waals surface area contributed by atoms with E-state index in [9.17, 15) is 12.8 Å². The third-order valence-electron chi connectivity index (χ3n) is 3.52. The van der Waals surface area contributed by atoms with E-state index in [1.54, 1.807) is 26.0 Å². The van der Waals surface area contributed by atoms with E-state index in [4.69, 9.17) is 5.26 Å². The van der Waals surface area contributed by atoms with Crippen molar-refractivity contribution in [2.45, 2.75) is 24.8 Å². The number of aromatic nitrogens is 1. The van der Waals surface area contributed by atoms with Gasteiger partial charge in [-0.2, -0.15) is 9.57 Å². The van der Waals surface area contributed by atoms with Gasteiger partial charge in [0.05, 0.1) is 5.56 Å². The number of pyridine rings is 1. The molecule has 0 N–H and O–H groups in total. The van der Waals surface area contributed by atoms with Crippen LogP contribution in [0.4, 0.5) is 4.39 Å². The maximum absolute atomic E-state index is 13.4. The number of sulfonamides is 1. The van der Waals surface area contributed by atoms with Gasteiger partial charge < -0.3 is 0 Å². The number of hydrogen-bond donors (Lipinski definition) is 0. The first-order valence-corrected chi connectivity index (χ1v) is 8.46. The van der Waals surface area contributed by atoms with Crippen LogP contribution in [-0.4, -0.2) is 24.3 Å². The van der Waals surface area contributed by atoms with Crippen molar-refractivity contribution in [2.75, 3.05) is 6.54 Å². The summed E-state index contributed by atoms with van der Waals surface area (Å²) in [4.78, 5) is 3.74. The summed E-state index contributed by atoms with van der Waals surface area (Å²) in [5.41, 5.74) is 0.723. The summed E-state index contributed by atoms with van der Waals surface area (Å²) in [6.07, 6.45) is 2.50. The summed E-state index contributed by atoms with van der Waals surface area (Å²) in [7, 11) is -3.85. The summed E-state index contributed by atoms with van der Waals surface area (Å²) >= 11 is 0. The Morgan fingerprint density at radius 3 is 2.70 bits per heavy atom. The lowest BCUT2D eigenvalue weighted by molar-refractivity contribution is 0.356. The van der Waals surface area contributed by atoms with Crippen molar-refractivity contribution in [3.05, 3.63) is 59.7 Å². The first kappa shape index (κ1) is 17.1. The van der Waals surface area contributed by atoms with Crippen molar-refractivity contribution >= 4 is 10.0 Å². The first-order valence-electron chi connectivity index (χ1n) is 7.02. The average molecular weight is 333 g/mol. The van der Waals surface area contributed by atoms with E-state index in [1.807, 2.05) is 6.07 Å². The molecule has 0 aliphatic rings. The van der Waals surface area contributed by atoms with Gasteiger partial charge in [-0.15, -0.1) is 0 Å². The zero-order valence-corrected chi connectivity index (χ0v) is 13.6. The minimum atomic E-state index is -3.85. The number of rotatable bonds is 5. The fraction of sp³-hybridized carbons (Fsp3) is 0.250. The molecule has 120 valence electrons. The normalized spacial score (nSPS) is 12.8. The van der Waals surface area contributed by atoms with Crippen LogP contribution in [0.3, 0.4) is 0 Å². The molecular weight excluding hydrogens is 317 g/mol. The lowest BCUT2D eigenvalue weighted by Crippen LogP contribution is -2.33. The third kappa shape index (κ3) is 3.55. The van der Waals surface area contributed by atoms with E-state index < -0.39 is 21.9 Å². The molecule has 5 nitrogen and oxygen atoms in total. The topological polar surface area (TPSA) is 74.1 Å². The highest BCUT2D eigenvalue weighted by molar-refractivity contribution is 7.89. The summed E-state index contributed by atoms with van der Waals surface area (Å²) in [5, 5.41) is 8.90. The van der Waals surface area contributed by atoms with Crippen LogP contribution in [0.1, 0.15) is 31.0 Å². The molecule has 0 amide bonds. The zero-order valence-electron chi connectivity index (χ0n) is 12.8. The molecule has 1 heterocycles. The standard InChI is InChI=1S/C16H16FN3O2S/c1-3-20(12(2)14-5-4-6-15(17)8-14)23(21,22)16-7-13(9-18)10-19-11-16/h4-8,10-12H,3H2,1-2H3/t12-/m1/s1. The van der Waals surface area contributed by atoms with Gasteiger partial charge in [0.25, 0.3) is 0 Å². The van der Waals surface area contributed by atoms with Crippen LogP contribution in [0.15, 0.2) is 47.6 Å². The Labute approximate surface area is 135 Å². The Bertz CT molecular complexity index is 846. The maximum Gasteiger partial charge on any atom is 0.245 e. The SMILES string of the molecule is CCN([C@H](C)c1cccc(F)c1)S(=O)(=O)c1cncc(C#N)c1. The molecule has 0 saturated heterocycles. The molecule has 0 spiro atoms. The lowest BCUT2D eigenvalue weighted by Gasteiger charge is -2.27. The molecule has 0 aliphatic carbocycles. The van der Waals surface area contributed by atoms with Crippen molar-refractivity contribution in [3.8, 4) is 6.07 Å². The van der Waals surface area contributed by atoms with Gasteiger partial charge >= 0.3 is 0 Å². The molecule has 0 bridgehead atoms. The first-order chi connectivity index (χ1) is 10.9. The van der Waals surface area contributed by atoms with Crippen LogP contribution in [0.25, 0.3) is 0 Å². The second-order valence-corrected chi connectivity index (χ2v) is 6.85. The highest BCUT2D eigenvalue weighted by Gasteiger charge is 2.29. The van der Waals surface area contributed by atoms with Gasteiger partial charge in [-0.3, -0.25) is 4.98 Å². The van der Waals surface area contributed by atoms with Gasteiger partial charge in [-0.1, -0.05) is 19.1 Å². The minimum absolute atomic E-state index is 0.0540. The number of nitriles is 1. The van der Waals surface area contributed by atoms with Crippen molar-refractivity contribution in [3.63, 3.8) is 0 Å². The van der Waals surface area contributed by atoms with Gasteiger partial charge in [-0.25, -0.2) is 12.8 Å². The van der Waals surface area contributed by atoms with Crippen molar-refractivity contribution < 1.29 is 12.8 Å². The van der Waals surface area contributed by atoms with Gasteiger partial charge in [0, 0.05) is 25.0 Å². The molecule has 1 aromatic heterocycles. The highest BCUT2D eigenvalue weighted by Crippen LogP contribution is 2.27. The number of halogens is 1. The molecule has 0 unspecified atom stereocenters. The Kier molecular flexibility index (Phi) is 5.08. The fourth-order valence-electron chi connectivity index (χ4n) is 2.34. The predicted octanol–water partition coefficient (Wildman–Crippen LogP) is 2.86. The number of benzene rings is 1. The van der Waals surface area contributed by atoms with E-state index in [0.29, 0.717) is 5.56 Å². The molecule has 1 aromatic carbocycles. The van der Waals surface area contributed by atoms with Gasteiger partial charge in [0.1, 0.15) is 16.8 Å². The van der Waals surface area contributed by atoms with Crippen LogP contribution in [0.2, 0.25) is 0 Å². The molecule has 0 radical (unpaired) electrons. The Morgan fingerprint density at radius 2 is 2.09 bits per heavy atom. The molecule has 2 aromatic rings. The molecule has 23 heavy (non-hydrogen) atoms. The summed E-state index contributed by atoms with van der Waals surface area (Å²) < 4.78 is 40.3. The van der Waals surface area contributed by atoms with Crippen LogP contribution in [0.5, 0.6) is 0 Å². The second kappa shape index (κ2) is 6.86. The molecule has 1 atom stereocenters. The smallest absolute Gasteiger partial charge is 0.245 e. The number of hydrogen-bond acceptors (Lipinski definition) is 4. The van der Waals surface area contributed by atoms with Crippen LogP contribution >= 0.6 is 0 Å². The quantitative estimate of drug-likeness (QED) is 0.843. The fourth-order valence-corrected chi connectivity index (χ4v) is 3.96. The summed E-state index contributed by atoms with van der Waals surface area (Å²) in [6, 6.07) is 8.44. The predicted molar refractivity (Wildman–Crippen MR) is 83.3 cm³/mol.